The lowest BCUT2D eigenvalue weighted by Gasteiger charge is -2.07. The lowest BCUT2D eigenvalue weighted by molar-refractivity contribution is 0.687. The summed E-state index contributed by atoms with van der Waals surface area (Å²) in [5.41, 5.74) is 5.41. The Balaban J connectivity index is 1.51. The molecule has 25 heavy (non-hydrogen) atoms. The molecule has 0 saturated heterocycles. The number of aryl methyl sites for hydroxylation is 3. The Bertz CT molecular complexity index is 843. The van der Waals surface area contributed by atoms with E-state index in [0.29, 0.717) is 11.7 Å². The number of nitrogens with zero attached hydrogens (tertiary/aromatic N) is 4. The molecule has 0 spiro atoms. The van der Waals surface area contributed by atoms with Crippen LogP contribution in [0.4, 0.5) is 5.69 Å². The molecule has 0 radical (unpaired) electrons. The molecular weight excluding hydrogens is 332 g/mol. The topological polar surface area (TPSA) is 59.7 Å². The van der Waals surface area contributed by atoms with Crippen molar-refractivity contribution in [2.45, 2.75) is 26.9 Å². The molecule has 0 fully saturated rings. The van der Waals surface area contributed by atoms with Crippen LogP contribution >= 0.6 is 12.2 Å². The number of thiocarbonyl (C=S) groups is 1. The van der Waals surface area contributed by atoms with Crippen LogP contribution in [-0.4, -0.2) is 24.7 Å². The summed E-state index contributed by atoms with van der Waals surface area (Å²) in [4.78, 5) is 0. The van der Waals surface area contributed by atoms with Gasteiger partial charge in [-0.1, -0.05) is 29.8 Å². The Kier molecular flexibility index (Phi) is 5.14. The monoisotopic (exact) mass is 354 g/mol. The Hall–Kier alpha value is -2.67. The molecule has 3 aromatic rings. The van der Waals surface area contributed by atoms with E-state index in [2.05, 4.69) is 52.0 Å². The van der Waals surface area contributed by atoms with Crippen LogP contribution in [0.15, 0.2) is 42.7 Å². The summed E-state index contributed by atoms with van der Waals surface area (Å²) < 4.78 is 3.74. The van der Waals surface area contributed by atoms with E-state index in [0.717, 1.165) is 23.6 Å². The van der Waals surface area contributed by atoms with Crippen molar-refractivity contribution in [1.29, 1.82) is 0 Å². The van der Waals surface area contributed by atoms with Gasteiger partial charge < -0.3 is 10.6 Å². The van der Waals surface area contributed by atoms with Crippen LogP contribution in [0.5, 0.6) is 0 Å². The first-order valence-corrected chi connectivity index (χ1v) is 8.53. The summed E-state index contributed by atoms with van der Waals surface area (Å²) in [6.45, 7) is 5.43. The quantitative estimate of drug-likeness (QED) is 0.690. The number of aromatic nitrogens is 4. The van der Waals surface area contributed by atoms with Crippen molar-refractivity contribution < 1.29 is 0 Å². The average Bonchev–Trinajstić information content (AvgIpc) is 3.14. The number of hydrogen-bond donors (Lipinski definition) is 2. The maximum Gasteiger partial charge on any atom is 0.171 e. The van der Waals surface area contributed by atoms with Gasteiger partial charge in [-0.05, 0) is 37.7 Å². The SMILES string of the molecule is Cc1ccc(Cn2cc(NC(=S)NCc3cc(C)n(C)n3)cn2)cc1. The lowest BCUT2D eigenvalue weighted by Crippen LogP contribution is -2.27. The van der Waals surface area contributed by atoms with Crippen LogP contribution in [0.2, 0.25) is 0 Å². The van der Waals surface area contributed by atoms with E-state index in [1.165, 1.54) is 11.1 Å². The van der Waals surface area contributed by atoms with E-state index < -0.39 is 0 Å². The fourth-order valence-corrected chi connectivity index (χ4v) is 2.65. The second-order valence-corrected chi connectivity index (χ2v) is 6.53. The normalized spacial score (nSPS) is 10.7. The third-order valence-electron chi connectivity index (χ3n) is 3.95. The number of hydrogen-bond acceptors (Lipinski definition) is 3. The van der Waals surface area contributed by atoms with Crippen LogP contribution in [-0.2, 0) is 20.1 Å². The highest BCUT2D eigenvalue weighted by molar-refractivity contribution is 7.80. The summed E-state index contributed by atoms with van der Waals surface area (Å²) in [7, 11) is 1.93. The van der Waals surface area contributed by atoms with Crippen molar-refractivity contribution in [1.82, 2.24) is 24.9 Å². The van der Waals surface area contributed by atoms with Crippen LogP contribution in [0.1, 0.15) is 22.5 Å². The van der Waals surface area contributed by atoms with Crippen molar-refractivity contribution >= 4 is 23.0 Å². The van der Waals surface area contributed by atoms with E-state index >= 15 is 0 Å². The second-order valence-electron chi connectivity index (χ2n) is 6.12. The molecule has 0 saturated carbocycles. The van der Waals surface area contributed by atoms with E-state index in [1.54, 1.807) is 6.20 Å². The van der Waals surface area contributed by atoms with E-state index in [4.69, 9.17) is 12.2 Å². The van der Waals surface area contributed by atoms with E-state index in [9.17, 15) is 0 Å². The van der Waals surface area contributed by atoms with Gasteiger partial charge in [0.2, 0.25) is 0 Å². The summed E-state index contributed by atoms with van der Waals surface area (Å²) >= 11 is 5.33. The van der Waals surface area contributed by atoms with Crippen molar-refractivity contribution in [3.05, 3.63) is 65.2 Å². The maximum atomic E-state index is 5.33. The van der Waals surface area contributed by atoms with Crippen molar-refractivity contribution in [3.63, 3.8) is 0 Å². The molecule has 6 nitrogen and oxygen atoms in total. The maximum absolute atomic E-state index is 5.33. The molecule has 2 heterocycles. The van der Waals surface area contributed by atoms with Gasteiger partial charge in [0.25, 0.3) is 0 Å². The zero-order valence-electron chi connectivity index (χ0n) is 14.7. The first-order valence-electron chi connectivity index (χ1n) is 8.12. The van der Waals surface area contributed by atoms with Crippen LogP contribution in [0.3, 0.4) is 0 Å². The Morgan fingerprint density at radius 1 is 1.20 bits per heavy atom. The second kappa shape index (κ2) is 7.48. The third-order valence-corrected chi connectivity index (χ3v) is 4.20. The standard InChI is InChI=1S/C18H22N6S/c1-13-4-6-15(7-5-13)11-24-12-17(10-20-24)21-18(25)19-9-16-8-14(2)23(3)22-16/h4-8,10,12H,9,11H2,1-3H3,(H2,19,21,25). The first-order chi connectivity index (χ1) is 12.0. The molecule has 2 aromatic heterocycles. The van der Waals surface area contributed by atoms with Gasteiger partial charge in [0.05, 0.1) is 30.7 Å². The van der Waals surface area contributed by atoms with Gasteiger partial charge >= 0.3 is 0 Å². The highest BCUT2D eigenvalue weighted by atomic mass is 32.1. The molecule has 0 atom stereocenters. The zero-order valence-corrected chi connectivity index (χ0v) is 15.5. The molecule has 0 amide bonds. The van der Waals surface area contributed by atoms with E-state index in [-0.39, 0.29) is 0 Å². The average molecular weight is 354 g/mol. The zero-order chi connectivity index (χ0) is 17.8. The fourth-order valence-electron chi connectivity index (χ4n) is 2.46. The smallest absolute Gasteiger partial charge is 0.171 e. The minimum atomic E-state index is 0.554. The first kappa shape index (κ1) is 17.2. The van der Waals surface area contributed by atoms with Gasteiger partial charge in [0, 0.05) is 18.9 Å². The van der Waals surface area contributed by atoms with Gasteiger partial charge in [-0.15, -0.1) is 0 Å². The number of anilines is 1. The Morgan fingerprint density at radius 3 is 2.64 bits per heavy atom. The molecule has 0 aliphatic rings. The van der Waals surface area contributed by atoms with Gasteiger partial charge in [0.1, 0.15) is 0 Å². The molecule has 0 aliphatic carbocycles. The minimum absolute atomic E-state index is 0.554. The van der Waals surface area contributed by atoms with Crippen molar-refractivity contribution in [2.75, 3.05) is 5.32 Å². The highest BCUT2D eigenvalue weighted by Gasteiger charge is 2.04. The van der Waals surface area contributed by atoms with Crippen molar-refractivity contribution in [2.24, 2.45) is 7.05 Å². The molecule has 0 bridgehead atoms. The summed E-state index contributed by atoms with van der Waals surface area (Å²) in [5, 5.41) is 15.6. The number of nitrogens with one attached hydrogen (secondary N) is 2. The molecule has 3 rings (SSSR count). The van der Waals surface area contributed by atoms with E-state index in [1.807, 2.05) is 35.6 Å². The minimum Gasteiger partial charge on any atom is -0.357 e. The molecule has 2 N–H and O–H groups in total. The number of benzene rings is 1. The third kappa shape index (κ3) is 4.67. The highest BCUT2D eigenvalue weighted by Crippen LogP contribution is 2.09. The van der Waals surface area contributed by atoms with Gasteiger partial charge in [0.15, 0.2) is 5.11 Å². The Morgan fingerprint density at radius 2 is 1.96 bits per heavy atom. The number of rotatable bonds is 5. The molecule has 7 heteroatoms. The lowest BCUT2D eigenvalue weighted by atomic mass is 10.1. The molecule has 0 unspecified atom stereocenters. The molecule has 0 aliphatic heterocycles. The predicted octanol–water partition coefficient (Wildman–Crippen LogP) is 2.77. The Labute approximate surface area is 152 Å². The van der Waals surface area contributed by atoms with Crippen molar-refractivity contribution in [3.8, 4) is 0 Å². The summed E-state index contributed by atoms with van der Waals surface area (Å²) in [5.74, 6) is 0. The largest absolute Gasteiger partial charge is 0.357 e. The van der Waals surface area contributed by atoms with Crippen LogP contribution in [0, 0.1) is 13.8 Å². The summed E-state index contributed by atoms with van der Waals surface area (Å²) in [6.07, 6.45) is 3.71. The van der Waals surface area contributed by atoms with Crippen LogP contribution in [0.25, 0.3) is 0 Å². The van der Waals surface area contributed by atoms with Gasteiger partial charge in [-0.2, -0.15) is 10.2 Å². The molecule has 1 aromatic carbocycles. The fraction of sp³-hybridized carbons (Fsp3) is 0.278. The molecule has 130 valence electrons. The predicted molar refractivity (Wildman–Crippen MR) is 104 cm³/mol. The summed E-state index contributed by atoms with van der Waals surface area (Å²) in [6, 6.07) is 10.5. The molecular formula is C18H22N6S. The van der Waals surface area contributed by atoms with Gasteiger partial charge in [-0.3, -0.25) is 9.36 Å². The van der Waals surface area contributed by atoms with Crippen LogP contribution < -0.4 is 10.6 Å². The van der Waals surface area contributed by atoms with Gasteiger partial charge in [-0.25, -0.2) is 0 Å².